The lowest BCUT2D eigenvalue weighted by Gasteiger charge is -2.19. The smallest absolute Gasteiger partial charge is 0.407 e. The summed E-state index contributed by atoms with van der Waals surface area (Å²) in [7, 11) is 0. The van der Waals surface area contributed by atoms with Gasteiger partial charge in [0.1, 0.15) is 17.8 Å². The van der Waals surface area contributed by atoms with Gasteiger partial charge in [0, 0.05) is 32.4 Å². The van der Waals surface area contributed by atoms with Crippen LogP contribution in [-0.4, -0.2) is 59.3 Å². The van der Waals surface area contributed by atoms with Crippen LogP contribution in [0.25, 0.3) is 0 Å². The number of esters is 2. The zero-order valence-corrected chi connectivity index (χ0v) is 26.8. The van der Waals surface area contributed by atoms with Crippen molar-refractivity contribution in [2.24, 2.45) is 0 Å². The Bertz CT molecular complexity index is 967. The van der Waals surface area contributed by atoms with Gasteiger partial charge in [-0.3, -0.25) is 19.2 Å². The van der Waals surface area contributed by atoms with Crippen molar-refractivity contribution in [3.63, 3.8) is 0 Å². The number of ether oxygens (including phenoxy) is 3. The number of benzene rings is 1. The third kappa shape index (κ3) is 28.3. The molecule has 11 nitrogen and oxygen atoms in total. The van der Waals surface area contributed by atoms with Crippen LogP contribution in [0.15, 0.2) is 30.3 Å². The highest BCUT2D eigenvalue weighted by Gasteiger charge is 2.16. The summed E-state index contributed by atoms with van der Waals surface area (Å²) in [4.78, 5) is 55.9. The Morgan fingerprint density at radius 2 is 1.14 bits per heavy atom. The average Bonchev–Trinajstić information content (AvgIpc) is 2.89. The standard InChI is InChI=1S/C18H27NO4.C14H25NO5/c1-18(2,3)23-16(20)12-8-5-9-13-19-17(21)22-14-15-10-6-4-7-11-15;1-14(2,3)20-13(19)7-5-4-6-10-15-11(16)8-9-12(17)18/h4,6-7,10-11H,5,8-9,12-14H2,1-3H3,(H,19,21);4-10H2,1-3H3,(H,15,16)(H,17,18). The van der Waals surface area contributed by atoms with Gasteiger partial charge in [-0.1, -0.05) is 43.2 Å². The van der Waals surface area contributed by atoms with Crippen molar-refractivity contribution in [3.8, 4) is 0 Å². The number of hydrogen-bond acceptors (Lipinski definition) is 8. The van der Waals surface area contributed by atoms with Gasteiger partial charge in [-0.15, -0.1) is 0 Å². The van der Waals surface area contributed by atoms with E-state index in [4.69, 9.17) is 19.3 Å². The van der Waals surface area contributed by atoms with Crippen LogP contribution in [0, 0.1) is 0 Å². The normalized spacial score (nSPS) is 10.9. The largest absolute Gasteiger partial charge is 0.481 e. The molecule has 0 spiro atoms. The van der Waals surface area contributed by atoms with Crippen LogP contribution in [-0.2, 0) is 40.0 Å². The minimum absolute atomic E-state index is 0.00718. The minimum atomic E-state index is -0.975. The number of alkyl carbamates (subject to hydrolysis) is 1. The number of carbonyl (C=O) groups is 5. The molecule has 1 rings (SSSR count). The fourth-order valence-corrected chi connectivity index (χ4v) is 3.43. The van der Waals surface area contributed by atoms with E-state index in [0.29, 0.717) is 25.9 Å². The SMILES string of the molecule is CC(C)(C)OC(=O)CCCCCNC(=O)CCC(=O)O.CC(C)(C)OC(=O)CCCCCNC(=O)OCc1ccccc1. The van der Waals surface area contributed by atoms with Crippen molar-refractivity contribution in [2.45, 2.75) is 124 Å². The van der Waals surface area contributed by atoms with Gasteiger partial charge in [-0.05, 0) is 72.8 Å². The van der Waals surface area contributed by atoms with Crippen LogP contribution in [0.2, 0.25) is 0 Å². The summed E-state index contributed by atoms with van der Waals surface area (Å²) in [6, 6.07) is 9.54. The number of nitrogens with one attached hydrogen (secondary N) is 2. The molecule has 1 aromatic rings. The van der Waals surface area contributed by atoms with Crippen molar-refractivity contribution in [3.05, 3.63) is 35.9 Å². The summed E-state index contributed by atoms with van der Waals surface area (Å²) in [6.45, 7) is 12.4. The molecule has 43 heavy (non-hydrogen) atoms. The van der Waals surface area contributed by atoms with Crippen molar-refractivity contribution in [2.75, 3.05) is 13.1 Å². The van der Waals surface area contributed by atoms with E-state index in [1.54, 1.807) is 0 Å². The molecule has 0 saturated carbocycles. The van der Waals surface area contributed by atoms with Gasteiger partial charge in [-0.2, -0.15) is 0 Å². The number of carboxylic acid groups (broad SMARTS) is 1. The van der Waals surface area contributed by atoms with Crippen LogP contribution in [0.3, 0.4) is 0 Å². The second-order valence-electron chi connectivity index (χ2n) is 12.0. The van der Waals surface area contributed by atoms with Gasteiger partial charge in [0.15, 0.2) is 0 Å². The Morgan fingerprint density at radius 1 is 0.651 bits per heavy atom. The van der Waals surface area contributed by atoms with Gasteiger partial charge < -0.3 is 30.0 Å². The van der Waals surface area contributed by atoms with Crippen LogP contribution in [0.1, 0.15) is 111 Å². The molecule has 2 amide bonds. The van der Waals surface area contributed by atoms with Gasteiger partial charge in [0.05, 0.1) is 6.42 Å². The van der Waals surface area contributed by atoms with E-state index in [-0.39, 0.29) is 37.3 Å². The van der Waals surface area contributed by atoms with Crippen LogP contribution in [0.4, 0.5) is 4.79 Å². The first-order valence-electron chi connectivity index (χ1n) is 14.9. The van der Waals surface area contributed by atoms with Crippen molar-refractivity contribution in [1.82, 2.24) is 10.6 Å². The van der Waals surface area contributed by atoms with E-state index in [9.17, 15) is 24.0 Å². The highest BCUT2D eigenvalue weighted by molar-refractivity contribution is 5.80. The predicted molar refractivity (Wildman–Crippen MR) is 163 cm³/mol. The second kappa shape index (κ2) is 22.0. The Kier molecular flexibility index (Phi) is 20.1. The van der Waals surface area contributed by atoms with Gasteiger partial charge in [-0.25, -0.2) is 4.79 Å². The third-order valence-corrected chi connectivity index (χ3v) is 5.33. The number of unbranched alkanes of at least 4 members (excludes halogenated alkanes) is 4. The van der Waals surface area contributed by atoms with Crippen LogP contribution in [0.5, 0.6) is 0 Å². The maximum absolute atomic E-state index is 11.5. The molecule has 0 atom stereocenters. The number of rotatable bonds is 17. The van der Waals surface area contributed by atoms with Gasteiger partial charge in [0.2, 0.25) is 5.91 Å². The molecule has 0 aliphatic heterocycles. The number of carboxylic acids is 1. The Balaban J connectivity index is 0.000000830. The zero-order chi connectivity index (χ0) is 32.7. The molecule has 0 unspecified atom stereocenters. The number of amides is 2. The molecular formula is C32H52N2O9. The Hall–Kier alpha value is -3.63. The van der Waals surface area contributed by atoms with Crippen molar-refractivity contribution < 1.29 is 43.3 Å². The highest BCUT2D eigenvalue weighted by atomic mass is 16.6. The summed E-state index contributed by atoms with van der Waals surface area (Å²) in [5.74, 6) is -1.60. The lowest BCUT2D eigenvalue weighted by atomic mass is 10.1. The lowest BCUT2D eigenvalue weighted by Crippen LogP contribution is -2.25. The molecule has 0 aliphatic carbocycles. The summed E-state index contributed by atoms with van der Waals surface area (Å²) in [6.07, 6.45) is 4.97. The lowest BCUT2D eigenvalue weighted by molar-refractivity contribution is -0.156. The fraction of sp³-hybridized carbons (Fsp3) is 0.656. The van der Waals surface area contributed by atoms with E-state index < -0.39 is 23.3 Å². The van der Waals surface area contributed by atoms with Crippen molar-refractivity contribution in [1.29, 1.82) is 0 Å². The molecular weight excluding hydrogens is 556 g/mol. The summed E-state index contributed by atoms with van der Waals surface area (Å²) < 4.78 is 15.5. The first-order chi connectivity index (χ1) is 20.1. The highest BCUT2D eigenvalue weighted by Crippen LogP contribution is 2.11. The maximum Gasteiger partial charge on any atom is 0.407 e. The molecule has 1 aromatic carbocycles. The second-order valence-corrected chi connectivity index (χ2v) is 12.0. The molecule has 0 aliphatic rings. The Morgan fingerprint density at radius 3 is 1.60 bits per heavy atom. The van der Waals surface area contributed by atoms with Crippen LogP contribution >= 0.6 is 0 Å². The van der Waals surface area contributed by atoms with Gasteiger partial charge in [0.25, 0.3) is 0 Å². The molecule has 3 N–H and O–H groups in total. The molecule has 0 saturated heterocycles. The van der Waals surface area contributed by atoms with E-state index in [0.717, 1.165) is 44.1 Å². The number of carbonyl (C=O) groups excluding carboxylic acids is 4. The number of aliphatic carboxylic acids is 1. The summed E-state index contributed by atoms with van der Waals surface area (Å²) >= 11 is 0. The summed E-state index contributed by atoms with van der Waals surface area (Å²) in [5.41, 5.74) is 0.0797. The van der Waals surface area contributed by atoms with E-state index in [2.05, 4.69) is 10.6 Å². The average molecular weight is 609 g/mol. The molecule has 0 bridgehead atoms. The zero-order valence-electron chi connectivity index (χ0n) is 26.8. The van der Waals surface area contributed by atoms with Crippen LogP contribution < -0.4 is 10.6 Å². The van der Waals surface area contributed by atoms with E-state index in [1.807, 2.05) is 71.9 Å². The first-order valence-corrected chi connectivity index (χ1v) is 14.9. The maximum atomic E-state index is 11.5. The molecule has 0 fully saturated rings. The molecule has 0 aromatic heterocycles. The van der Waals surface area contributed by atoms with Crippen molar-refractivity contribution >= 4 is 29.9 Å². The Labute approximate surface area is 256 Å². The monoisotopic (exact) mass is 608 g/mol. The quantitative estimate of drug-likeness (QED) is 0.115. The third-order valence-electron chi connectivity index (χ3n) is 5.33. The van der Waals surface area contributed by atoms with Gasteiger partial charge >= 0.3 is 24.0 Å². The fourth-order valence-electron chi connectivity index (χ4n) is 3.43. The number of hydrogen-bond donors (Lipinski definition) is 3. The molecule has 0 radical (unpaired) electrons. The molecule has 244 valence electrons. The predicted octanol–water partition coefficient (Wildman–Crippen LogP) is 5.68. The van der Waals surface area contributed by atoms with E-state index >= 15 is 0 Å². The topological polar surface area (TPSA) is 157 Å². The summed E-state index contributed by atoms with van der Waals surface area (Å²) in [5, 5.41) is 13.8. The molecule has 11 heteroatoms. The minimum Gasteiger partial charge on any atom is -0.481 e. The molecule has 0 heterocycles. The van der Waals surface area contributed by atoms with E-state index in [1.165, 1.54) is 0 Å². The first kappa shape index (κ1) is 39.4.